The third kappa shape index (κ3) is 8.70. The highest BCUT2D eigenvalue weighted by Gasteiger charge is 2.56. The van der Waals surface area contributed by atoms with Crippen LogP contribution in [-0.4, -0.2) is 211 Å². The van der Waals surface area contributed by atoms with Crippen LogP contribution in [0.2, 0.25) is 0 Å². The maximum Gasteiger partial charge on any atom is 0.217 e. The Labute approximate surface area is 285 Å². The number of nitrogens with one attached hydrogen (secondary N) is 2. The minimum absolute atomic E-state index is 0.682. The van der Waals surface area contributed by atoms with Crippen molar-refractivity contribution in [3.05, 3.63) is 0 Å². The average molecular weight is 733 g/mol. The van der Waals surface area contributed by atoms with Crippen molar-refractivity contribution in [3.8, 4) is 0 Å². The Balaban J connectivity index is 1.63. The zero-order valence-electron chi connectivity index (χ0n) is 27.3. The van der Waals surface area contributed by atoms with Gasteiger partial charge in [0.1, 0.15) is 91.4 Å². The SMILES string of the molecule is CC(=O)N[C@@H]1[C@@H](O[C@@H]2O[C@H](CO)[C@H](O)[C@H](O[C@@H]3O[C@H](CO)[C@@H](O)[C@H](O[C@@H]4O[C@@H](C)[C@@H](O)[C@@H](O)[C@@H]4O)[C@H]3NC(C)=O)[C@H]2O)[C@H](O)[C@@H](CO)O[C@H]1O. The molecular formula is C28H48N2O20. The third-order valence-corrected chi connectivity index (χ3v) is 8.97. The quantitative estimate of drug-likeness (QED) is 0.0938. The number of rotatable bonds is 11. The van der Waals surface area contributed by atoms with Gasteiger partial charge in [-0.3, -0.25) is 9.59 Å². The van der Waals surface area contributed by atoms with E-state index in [0.29, 0.717) is 0 Å². The molecule has 4 aliphatic rings. The first-order chi connectivity index (χ1) is 23.5. The van der Waals surface area contributed by atoms with Crippen molar-refractivity contribution in [2.45, 2.75) is 143 Å². The molecule has 0 saturated carbocycles. The number of amides is 2. The van der Waals surface area contributed by atoms with Gasteiger partial charge in [-0.1, -0.05) is 0 Å². The van der Waals surface area contributed by atoms with E-state index in [1.54, 1.807) is 0 Å². The fourth-order valence-electron chi connectivity index (χ4n) is 6.29. The fraction of sp³-hybridized carbons (Fsp3) is 0.929. The highest BCUT2D eigenvalue weighted by molar-refractivity contribution is 5.73. The van der Waals surface area contributed by atoms with E-state index in [0.717, 1.165) is 13.8 Å². The molecule has 4 heterocycles. The van der Waals surface area contributed by atoms with E-state index >= 15 is 0 Å². The van der Waals surface area contributed by atoms with Crippen molar-refractivity contribution in [2.24, 2.45) is 0 Å². The molecule has 22 nitrogen and oxygen atoms in total. The predicted molar refractivity (Wildman–Crippen MR) is 156 cm³/mol. The number of aliphatic hydroxyl groups is 11. The Morgan fingerprint density at radius 2 is 0.940 bits per heavy atom. The van der Waals surface area contributed by atoms with Crippen molar-refractivity contribution in [1.29, 1.82) is 0 Å². The summed E-state index contributed by atoms with van der Waals surface area (Å²) in [5.74, 6) is -1.42. The Morgan fingerprint density at radius 1 is 0.520 bits per heavy atom. The average Bonchev–Trinajstić information content (AvgIpc) is 3.06. The first-order valence-corrected chi connectivity index (χ1v) is 15.9. The summed E-state index contributed by atoms with van der Waals surface area (Å²) in [7, 11) is 0. The molecule has 0 aliphatic carbocycles. The van der Waals surface area contributed by atoms with Gasteiger partial charge in [0.2, 0.25) is 11.8 Å². The van der Waals surface area contributed by atoms with Gasteiger partial charge in [0.05, 0.1) is 25.9 Å². The topological polar surface area (TPSA) is 345 Å². The molecule has 20 atom stereocenters. The van der Waals surface area contributed by atoms with Gasteiger partial charge in [-0.25, -0.2) is 0 Å². The monoisotopic (exact) mass is 732 g/mol. The van der Waals surface area contributed by atoms with Crippen molar-refractivity contribution in [1.82, 2.24) is 10.6 Å². The second kappa shape index (κ2) is 17.4. The standard InChI is InChI=1S/C28H48N2O20/c1-7-15(36)19(40)20(41)27(44-7)49-23-14(30-9(3)35)26(46-11(5-32)17(23)38)50-24-18(39)12(6-33)47-28(21(24)42)48-22-13(29-8(2)34)25(43)45-10(4-31)16(22)37/h7,10-28,31-33,36-43H,4-6H2,1-3H3,(H,29,34)(H,30,35)/t7-,10+,11+,12+,13+,14+,15+,16+,17+,18-,19+,20-,21+,22+,23+,24-,25+,26-,27-,28-/m0/s1. The molecule has 0 aromatic carbocycles. The lowest BCUT2D eigenvalue weighted by atomic mass is 9.94. The zero-order valence-corrected chi connectivity index (χ0v) is 27.3. The minimum atomic E-state index is -2.04. The smallest absolute Gasteiger partial charge is 0.217 e. The van der Waals surface area contributed by atoms with Crippen LogP contribution < -0.4 is 10.6 Å². The molecule has 2 amide bonds. The van der Waals surface area contributed by atoms with E-state index in [9.17, 15) is 65.8 Å². The molecule has 0 spiro atoms. The van der Waals surface area contributed by atoms with Crippen molar-refractivity contribution in [3.63, 3.8) is 0 Å². The van der Waals surface area contributed by atoms with Crippen LogP contribution in [0.25, 0.3) is 0 Å². The van der Waals surface area contributed by atoms with Crippen LogP contribution in [0.5, 0.6) is 0 Å². The van der Waals surface area contributed by atoms with Gasteiger partial charge in [0, 0.05) is 13.8 Å². The van der Waals surface area contributed by atoms with Crippen molar-refractivity contribution >= 4 is 11.8 Å². The van der Waals surface area contributed by atoms with Gasteiger partial charge in [-0.15, -0.1) is 0 Å². The summed E-state index contributed by atoms with van der Waals surface area (Å²) in [6.07, 6.45) is -30.4. The van der Waals surface area contributed by atoms with Gasteiger partial charge in [-0.05, 0) is 6.92 Å². The second-order valence-corrected chi connectivity index (χ2v) is 12.6. The Bertz CT molecular complexity index is 1130. The van der Waals surface area contributed by atoms with E-state index in [1.807, 2.05) is 0 Å². The lowest BCUT2D eigenvalue weighted by molar-refractivity contribution is -0.374. The first kappa shape index (κ1) is 41.0. The van der Waals surface area contributed by atoms with E-state index in [1.165, 1.54) is 6.92 Å². The molecule has 4 saturated heterocycles. The predicted octanol–water partition coefficient (Wildman–Crippen LogP) is -8.43. The molecule has 4 aliphatic heterocycles. The molecule has 0 aromatic heterocycles. The molecule has 0 radical (unpaired) electrons. The maximum atomic E-state index is 12.3. The summed E-state index contributed by atoms with van der Waals surface area (Å²) in [4.78, 5) is 24.2. The Hall–Kier alpha value is -1.78. The molecule has 4 rings (SSSR count). The van der Waals surface area contributed by atoms with Crippen LogP contribution in [0.3, 0.4) is 0 Å². The number of hydrogen-bond donors (Lipinski definition) is 13. The van der Waals surface area contributed by atoms with Crippen LogP contribution >= 0.6 is 0 Å². The summed E-state index contributed by atoms with van der Waals surface area (Å²) >= 11 is 0. The highest BCUT2D eigenvalue weighted by atomic mass is 16.7. The number of carbonyl (C=O) groups excluding carboxylic acids is 2. The summed E-state index contributed by atoms with van der Waals surface area (Å²) < 4.78 is 39.4. The summed E-state index contributed by atoms with van der Waals surface area (Å²) in [6, 6.07) is -3.04. The van der Waals surface area contributed by atoms with Gasteiger partial charge in [-0.2, -0.15) is 0 Å². The van der Waals surface area contributed by atoms with E-state index in [4.69, 9.17) is 33.2 Å². The zero-order chi connectivity index (χ0) is 37.2. The molecule has 50 heavy (non-hydrogen) atoms. The molecule has 0 bridgehead atoms. The summed E-state index contributed by atoms with van der Waals surface area (Å²) in [5.41, 5.74) is 0. The molecule has 290 valence electrons. The number of aliphatic hydroxyl groups excluding tert-OH is 11. The Morgan fingerprint density at radius 3 is 1.46 bits per heavy atom. The summed E-state index contributed by atoms with van der Waals surface area (Å²) in [5, 5.41) is 120. The minimum Gasteiger partial charge on any atom is -0.394 e. The van der Waals surface area contributed by atoms with Crippen LogP contribution in [0.15, 0.2) is 0 Å². The van der Waals surface area contributed by atoms with Gasteiger partial charge in [0.25, 0.3) is 0 Å². The maximum absolute atomic E-state index is 12.3. The first-order valence-electron chi connectivity index (χ1n) is 15.9. The van der Waals surface area contributed by atoms with Gasteiger partial charge >= 0.3 is 0 Å². The lowest BCUT2D eigenvalue weighted by Gasteiger charge is -2.50. The van der Waals surface area contributed by atoms with Crippen LogP contribution in [-0.2, 0) is 42.7 Å². The largest absolute Gasteiger partial charge is 0.394 e. The van der Waals surface area contributed by atoms with E-state index in [2.05, 4.69) is 10.6 Å². The second-order valence-electron chi connectivity index (χ2n) is 12.6. The van der Waals surface area contributed by atoms with Crippen LogP contribution in [0.4, 0.5) is 0 Å². The molecule has 0 unspecified atom stereocenters. The van der Waals surface area contributed by atoms with Crippen molar-refractivity contribution in [2.75, 3.05) is 19.8 Å². The number of hydrogen-bond acceptors (Lipinski definition) is 20. The summed E-state index contributed by atoms with van der Waals surface area (Å²) in [6.45, 7) is 0.984. The van der Waals surface area contributed by atoms with Gasteiger partial charge < -0.3 is 100.0 Å². The normalized spacial score (nSPS) is 48.5. The fourth-order valence-corrected chi connectivity index (χ4v) is 6.29. The third-order valence-electron chi connectivity index (χ3n) is 8.97. The van der Waals surface area contributed by atoms with E-state index < -0.39 is 154 Å². The van der Waals surface area contributed by atoms with Crippen LogP contribution in [0.1, 0.15) is 20.8 Å². The molecular weight excluding hydrogens is 684 g/mol. The van der Waals surface area contributed by atoms with E-state index in [-0.39, 0.29) is 0 Å². The number of ether oxygens (including phenoxy) is 7. The molecule has 22 heteroatoms. The molecule has 4 fully saturated rings. The number of carbonyl (C=O) groups is 2. The van der Waals surface area contributed by atoms with Crippen molar-refractivity contribution < 1.29 is 98.9 Å². The molecule has 0 aromatic rings. The lowest BCUT2D eigenvalue weighted by Crippen LogP contribution is -2.70. The van der Waals surface area contributed by atoms with Gasteiger partial charge in [0.15, 0.2) is 25.2 Å². The Kier molecular flexibility index (Phi) is 14.2. The highest BCUT2D eigenvalue weighted by Crippen LogP contribution is 2.34. The van der Waals surface area contributed by atoms with Crippen LogP contribution in [0, 0.1) is 0 Å². The molecule has 13 N–H and O–H groups in total.